The summed E-state index contributed by atoms with van der Waals surface area (Å²) in [4.78, 5) is 2.76. The molecule has 1 rings (SSSR count). The molecule has 0 radical (unpaired) electrons. The second-order valence-electron chi connectivity index (χ2n) is 6.10. The third-order valence-electron chi connectivity index (χ3n) is 5.30. The van der Waals surface area contributed by atoms with E-state index in [2.05, 4.69) is 45.0 Å². The van der Waals surface area contributed by atoms with E-state index in [0.717, 1.165) is 5.92 Å². The zero-order valence-electron chi connectivity index (χ0n) is 13.3. The maximum absolute atomic E-state index is 3.65. The average molecular weight is 254 g/mol. The summed E-state index contributed by atoms with van der Waals surface area (Å²) in [5, 5.41) is 3.65. The van der Waals surface area contributed by atoms with Gasteiger partial charge in [-0.3, -0.25) is 4.90 Å². The van der Waals surface area contributed by atoms with E-state index in [1.807, 2.05) is 0 Å². The molecule has 0 bridgehead atoms. The van der Waals surface area contributed by atoms with Crippen molar-refractivity contribution in [3.8, 4) is 0 Å². The van der Waals surface area contributed by atoms with Gasteiger partial charge in [-0.25, -0.2) is 0 Å². The van der Waals surface area contributed by atoms with E-state index in [1.54, 1.807) is 0 Å². The summed E-state index contributed by atoms with van der Waals surface area (Å²) in [7, 11) is 2.15. The molecule has 0 aromatic carbocycles. The second-order valence-corrected chi connectivity index (χ2v) is 6.10. The van der Waals surface area contributed by atoms with Crippen LogP contribution in [0.2, 0.25) is 0 Å². The predicted molar refractivity (Wildman–Crippen MR) is 81.0 cm³/mol. The van der Waals surface area contributed by atoms with Crippen LogP contribution < -0.4 is 5.32 Å². The molecule has 1 heterocycles. The second kappa shape index (κ2) is 7.49. The minimum atomic E-state index is 0.325. The highest BCUT2D eigenvalue weighted by atomic mass is 15.2. The Bertz CT molecular complexity index is 219. The standard InChI is InChI=1S/C16H34N2/c1-6-14(7-2)15(17-5)16(4,8-3)18-12-10-9-11-13-18/h14-15,17H,6-13H2,1-5H3. The lowest BCUT2D eigenvalue weighted by atomic mass is 9.77. The first-order valence-corrected chi connectivity index (χ1v) is 8.06. The van der Waals surface area contributed by atoms with Gasteiger partial charge in [0.25, 0.3) is 0 Å². The first-order chi connectivity index (χ1) is 8.63. The summed E-state index contributed by atoms with van der Waals surface area (Å²) >= 11 is 0. The minimum absolute atomic E-state index is 0.325. The minimum Gasteiger partial charge on any atom is -0.315 e. The van der Waals surface area contributed by atoms with Gasteiger partial charge in [0.15, 0.2) is 0 Å². The van der Waals surface area contributed by atoms with Crippen LogP contribution in [0.15, 0.2) is 0 Å². The number of rotatable bonds is 7. The van der Waals surface area contributed by atoms with Crippen molar-refractivity contribution in [2.24, 2.45) is 5.92 Å². The number of nitrogens with zero attached hydrogens (tertiary/aromatic N) is 1. The van der Waals surface area contributed by atoms with Gasteiger partial charge < -0.3 is 5.32 Å². The third kappa shape index (κ3) is 3.27. The lowest BCUT2D eigenvalue weighted by Crippen LogP contribution is -2.62. The molecule has 2 atom stereocenters. The summed E-state index contributed by atoms with van der Waals surface area (Å²) in [6.45, 7) is 12.1. The van der Waals surface area contributed by atoms with Gasteiger partial charge in [0.1, 0.15) is 0 Å². The number of hydrogen-bond acceptors (Lipinski definition) is 2. The highest BCUT2D eigenvalue weighted by Gasteiger charge is 2.40. The summed E-state index contributed by atoms with van der Waals surface area (Å²) < 4.78 is 0. The highest BCUT2D eigenvalue weighted by molar-refractivity contribution is 4.99. The number of hydrogen-bond donors (Lipinski definition) is 1. The zero-order valence-corrected chi connectivity index (χ0v) is 13.3. The Hall–Kier alpha value is -0.0800. The normalized spacial score (nSPS) is 23.0. The number of piperidine rings is 1. The van der Waals surface area contributed by atoms with Gasteiger partial charge in [0.05, 0.1) is 0 Å². The molecule has 2 unspecified atom stereocenters. The zero-order chi connectivity index (χ0) is 13.6. The Morgan fingerprint density at radius 3 is 2.00 bits per heavy atom. The van der Waals surface area contributed by atoms with E-state index < -0.39 is 0 Å². The Morgan fingerprint density at radius 2 is 1.61 bits per heavy atom. The van der Waals surface area contributed by atoms with Crippen molar-refractivity contribution in [3.63, 3.8) is 0 Å². The SMILES string of the molecule is CCC(CC)C(NC)C(C)(CC)N1CCCCC1. The molecule has 1 N–H and O–H groups in total. The summed E-state index contributed by atoms with van der Waals surface area (Å²) in [6, 6.07) is 0.621. The third-order valence-corrected chi connectivity index (χ3v) is 5.30. The van der Waals surface area contributed by atoms with Crippen LogP contribution in [0.25, 0.3) is 0 Å². The van der Waals surface area contributed by atoms with Crippen LogP contribution in [0.4, 0.5) is 0 Å². The van der Waals surface area contributed by atoms with Crippen LogP contribution in [0.5, 0.6) is 0 Å². The molecule has 0 aliphatic carbocycles. The Kier molecular flexibility index (Phi) is 6.65. The molecule has 1 aliphatic heterocycles. The summed E-state index contributed by atoms with van der Waals surface area (Å²) in [5.74, 6) is 0.793. The molecule has 0 amide bonds. The Morgan fingerprint density at radius 1 is 1.06 bits per heavy atom. The molecule has 0 aromatic rings. The van der Waals surface area contributed by atoms with Crippen LogP contribution in [-0.4, -0.2) is 36.6 Å². The molecule has 2 heteroatoms. The van der Waals surface area contributed by atoms with Crippen molar-refractivity contribution in [1.82, 2.24) is 10.2 Å². The molecule has 18 heavy (non-hydrogen) atoms. The average Bonchev–Trinajstić information content (AvgIpc) is 2.44. The van der Waals surface area contributed by atoms with Crippen molar-refractivity contribution < 1.29 is 0 Å². The maximum atomic E-state index is 3.65. The van der Waals surface area contributed by atoms with Crippen molar-refractivity contribution in [2.75, 3.05) is 20.1 Å². The molecule has 0 saturated carbocycles. The molecule has 0 spiro atoms. The molecule has 0 aromatic heterocycles. The van der Waals surface area contributed by atoms with Crippen molar-refractivity contribution in [1.29, 1.82) is 0 Å². The largest absolute Gasteiger partial charge is 0.315 e. The van der Waals surface area contributed by atoms with Gasteiger partial charge >= 0.3 is 0 Å². The fourth-order valence-electron chi connectivity index (χ4n) is 3.86. The van der Waals surface area contributed by atoms with Gasteiger partial charge in [0.2, 0.25) is 0 Å². The van der Waals surface area contributed by atoms with E-state index in [0.29, 0.717) is 11.6 Å². The molecule has 1 fully saturated rings. The molecule has 1 saturated heterocycles. The van der Waals surface area contributed by atoms with Crippen LogP contribution >= 0.6 is 0 Å². The van der Waals surface area contributed by atoms with Crippen molar-refractivity contribution in [3.05, 3.63) is 0 Å². The van der Waals surface area contributed by atoms with E-state index in [4.69, 9.17) is 0 Å². The van der Waals surface area contributed by atoms with Gasteiger partial charge in [0, 0.05) is 11.6 Å². The van der Waals surface area contributed by atoms with Gasteiger partial charge in [-0.05, 0) is 52.2 Å². The first kappa shape index (κ1) is 16.0. The monoisotopic (exact) mass is 254 g/mol. The summed E-state index contributed by atoms with van der Waals surface area (Å²) in [5.41, 5.74) is 0.325. The van der Waals surface area contributed by atoms with E-state index in [1.165, 1.54) is 51.6 Å². The highest BCUT2D eigenvalue weighted by Crippen LogP contribution is 2.32. The molecule has 1 aliphatic rings. The lowest BCUT2D eigenvalue weighted by molar-refractivity contribution is 0.0239. The van der Waals surface area contributed by atoms with Gasteiger partial charge in [-0.15, -0.1) is 0 Å². The van der Waals surface area contributed by atoms with Crippen molar-refractivity contribution >= 4 is 0 Å². The predicted octanol–water partition coefficient (Wildman–Crippen LogP) is 3.67. The molecule has 108 valence electrons. The quantitative estimate of drug-likeness (QED) is 0.746. The molecule has 2 nitrogen and oxygen atoms in total. The van der Waals surface area contributed by atoms with Crippen LogP contribution in [0.3, 0.4) is 0 Å². The smallest absolute Gasteiger partial charge is 0.0334 e. The first-order valence-electron chi connectivity index (χ1n) is 8.06. The van der Waals surface area contributed by atoms with Crippen LogP contribution in [-0.2, 0) is 0 Å². The maximum Gasteiger partial charge on any atom is 0.0334 e. The van der Waals surface area contributed by atoms with Crippen molar-refractivity contribution in [2.45, 2.75) is 77.8 Å². The van der Waals surface area contributed by atoms with Crippen LogP contribution in [0, 0.1) is 5.92 Å². The number of likely N-dealkylation sites (N-methyl/N-ethyl adjacent to an activating group) is 1. The Balaban J connectivity index is 2.87. The fourth-order valence-corrected chi connectivity index (χ4v) is 3.86. The fraction of sp³-hybridized carbons (Fsp3) is 1.00. The van der Waals surface area contributed by atoms with Gasteiger partial charge in [-0.2, -0.15) is 0 Å². The lowest BCUT2D eigenvalue weighted by Gasteiger charge is -2.50. The number of likely N-dealkylation sites (tertiary alicyclic amines) is 1. The number of nitrogens with one attached hydrogen (secondary N) is 1. The van der Waals surface area contributed by atoms with Gasteiger partial charge in [-0.1, -0.05) is 40.0 Å². The topological polar surface area (TPSA) is 15.3 Å². The van der Waals surface area contributed by atoms with Crippen LogP contribution in [0.1, 0.15) is 66.2 Å². The van der Waals surface area contributed by atoms with E-state index in [-0.39, 0.29) is 0 Å². The summed E-state index contributed by atoms with van der Waals surface area (Å²) in [6.07, 6.45) is 8.00. The Labute approximate surface area is 115 Å². The van der Waals surface area contributed by atoms with E-state index >= 15 is 0 Å². The van der Waals surface area contributed by atoms with E-state index in [9.17, 15) is 0 Å². The molecular weight excluding hydrogens is 220 g/mol. The molecular formula is C16H34N2.